The molecule has 208 valence electrons. The average molecular weight is 548 g/mol. The molecule has 0 radical (unpaired) electrons. The Morgan fingerprint density at radius 2 is 1.62 bits per heavy atom. The van der Waals surface area contributed by atoms with Crippen molar-refractivity contribution in [1.82, 2.24) is 14.8 Å². The minimum Gasteiger partial charge on any atom is -0.453 e. The van der Waals surface area contributed by atoms with E-state index in [2.05, 4.69) is 25.5 Å². The molecule has 2 aromatic carbocycles. The molecule has 10 heteroatoms. The molecule has 0 saturated carbocycles. The van der Waals surface area contributed by atoms with Gasteiger partial charge in [-0.05, 0) is 72.0 Å². The number of carbonyl (C=O) groups is 2. The van der Waals surface area contributed by atoms with Crippen LogP contribution >= 0.6 is 0 Å². The molecule has 0 atom stereocenters. The minimum absolute atomic E-state index is 0.168. The second-order valence-corrected chi connectivity index (χ2v) is 10.4. The average Bonchev–Trinajstić information content (AvgIpc) is 3.33. The minimum atomic E-state index is -0.610. The monoisotopic (exact) mass is 547 g/mol. The van der Waals surface area contributed by atoms with E-state index in [9.17, 15) is 18.4 Å². The molecular formula is C30H31F2N5O3. The van der Waals surface area contributed by atoms with Crippen molar-refractivity contribution in [1.29, 1.82) is 0 Å². The van der Waals surface area contributed by atoms with Gasteiger partial charge in [0.25, 0.3) is 0 Å². The summed E-state index contributed by atoms with van der Waals surface area (Å²) in [5.41, 5.74) is 2.99. The number of nitrogens with zero attached hydrogens (tertiary/aromatic N) is 3. The smallest absolute Gasteiger partial charge is 0.412 e. The zero-order valence-corrected chi connectivity index (χ0v) is 22.8. The van der Waals surface area contributed by atoms with Crippen molar-refractivity contribution in [2.24, 2.45) is 0 Å². The van der Waals surface area contributed by atoms with E-state index in [4.69, 9.17) is 0 Å². The third-order valence-electron chi connectivity index (χ3n) is 6.23. The fourth-order valence-corrected chi connectivity index (χ4v) is 4.01. The fraction of sp³-hybridized carbons (Fsp3) is 0.267. The molecule has 8 nitrogen and oxygen atoms in total. The lowest BCUT2D eigenvalue weighted by atomic mass is 9.92. The highest BCUT2D eigenvalue weighted by Crippen LogP contribution is 2.27. The molecule has 2 heterocycles. The molecule has 4 aromatic rings. The van der Waals surface area contributed by atoms with Crippen LogP contribution in [0.5, 0.6) is 0 Å². The summed E-state index contributed by atoms with van der Waals surface area (Å²) in [5, 5.41) is 9.96. The third-order valence-corrected chi connectivity index (χ3v) is 6.23. The fourth-order valence-electron chi connectivity index (χ4n) is 4.01. The Bertz CT molecular complexity index is 1510. The summed E-state index contributed by atoms with van der Waals surface area (Å²) >= 11 is 0. The van der Waals surface area contributed by atoms with Crippen LogP contribution in [0.3, 0.4) is 0 Å². The SMILES string of the molecule is COC(=O)Nc1cc(CCc2ccc(CC(=O)Nc3cc(C(C)(C)C)nn3-c3ccc(F)cc3)c(F)c2)ccn1. The number of anilines is 2. The predicted octanol–water partition coefficient (Wildman–Crippen LogP) is 5.99. The molecule has 4 rings (SSSR count). The molecule has 0 aliphatic rings. The molecule has 0 bridgehead atoms. The van der Waals surface area contributed by atoms with Crippen molar-refractivity contribution in [3.63, 3.8) is 0 Å². The van der Waals surface area contributed by atoms with Crippen LogP contribution in [0, 0.1) is 11.6 Å². The van der Waals surface area contributed by atoms with E-state index in [0.29, 0.717) is 30.2 Å². The highest BCUT2D eigenvalue weighted by atomic mass is 19.1. The first-order valence-electron chi connectivity index (χ1n) is 12.8. The number of benzene rings is 2. The normalized spacial score (nSPS) is 11.2. The van der Waals surface area contributed by atoms with Crippen LogP contribution in [0.4, 0.5) is 25.2 Å². The van der Waals surface area contributed by atoms with Gasteiger partial charge in [-0.2, -0.15) is 5.10 Å². The zero-order chi connectivity index (χ0) is 28.9. The number of nitrogens with one attached hydrogen (secondary N) is 2. The summed E-state index contributed by atoms with van der Waals surface area (Å²) in [6, 6.07) is 15.9. The number of hydrogen-bond donors (Lipinski definition) is 2. The van der Waals surface area contributed by atoms with Crippen molar-refractivity contribution in [2.45, 2.75) is 45.4 Å². The Balaban J connectivity index is 1.43. The van der Waals surface area contributed by atoms with E-state index in [1.54, 1.807) is 47.3 Å². The molecule has 0 fully saturated rings. The quantitative estimate of drug-likeness (QED) is 0.283. The van der Waals surface area contributed by atoms with E-state index >= 15 is 0 Å². The first-order chi connectivity index (χ1) is 19.0. The van der Waals surface area contributed by atoms with E-state index in [1.807, 2.05) is 26.8 Å². The number of aromatic nitrogens is 3. The van der Waals surface area contributed by atoms with Crippen LogP contribution in [0.15, 0.2) is 66.9 Å². The molecule has 2 aromatic heterocycles. The van der Waals surface area contributed by atoms with Crippen molar-refractivity contribution in [3.05, 3.63) is 101 Å². The lowest BCUT2D eigenvalue weighted by Crippen LogP contribution is -2.18. The third kappa shape index (κ3) is 7.28. The predicted molar refractivity (Wildman–Crippen MR) is 149 cm³/mol. The highest BCUT2D eigenvalue weighted by molar-refractivity contribution is 5.92. The van der Waals surface area contributed by atoms with Crippen molar-refractivity contribution in [3.8, 4) is 5.69 Å². The summed E-state index contributed by atoms with van der Waals surface area (Å²) in [7, 11) is 1.27. The maximum atomic E-state index is 15.0. The maximum absolute atomic E-state index is 15.0. The Kier molecular flexibility index (Phi) is 8.57. The number of aryl methyl sites for hydroxylation is 2. The summed E-state index contributed by atoms with van der Waals surface area (Å²) in [6.07, 6.45) is 1.95. The lowest BCUT2D eigenvalue weighted by molar-refractivity contribution is -0.115. The van der Waals surface area contributed by atoms with Crippen molar-refractivity contribution in [2.75, 3.05) is 17.7 Å². The van der Waals surface area contributed by atoms with Crippen LogP contribution < -0.4 is 10.6 Å². The largest absolute Gasteiger partial charge is 0.453 e. The molecule has 0 saturated heterocycles. The Hall–Kier alpha value is -4.60. The second-order valence-electron chi connectivity index (χ2n) is 10.4. The number of pyridine rings is 1. The number of rotatable bonds is 8. The topological polar surface area (TPSA) is 98.1 Å². The van der Waals surface area contributed by atoms with Crippen molar-refractivity contribution < 1.29 is 23.1 Å². The van der Waals surface area contributed by atoms with Crippen LogP contribution in [0.25, 0.3) is 5.69 Å². The summed E-state index contributed by atoms with van der Waals surface area (Å²) in [6.45, 7) is 6.00. The molecule has 2 amide bonds. The van der Waals surface area contributed by atoms with Gasteiger partial charge in [-0.15, -0.1) is 0 Å². The van der Waals surface area contributed by atoms with Gasteiger partial charge in [-0.25, -0.2) is 23.2 Å². The van der Waals surface area contributed by atoms with Gasteiger partial charge >= 0.3 is 6.09 Å². The first-order valence-corrected chi connectivity index (χ1v) is 12.8. The zero-order valence-electron chi connectivity index (χ0n) is 22.8. The van der Waals surface area contributed by atoms with Crippen LogP contribution in [0.1, 0.15) is 43.2 Å². The molecule has 0 aliphatic carbocycles. The van der Waals surface area contributed by atoms with Crippen LogP contribution in [-0.4, -0.2) is 33.9 Å². The van der Waals surface area contributed by atoms with E-state index in [1.165, 1.54) is 25.3 Å². The standard InChI is InChI=1S/C30H31F2N5O3/c1-30(2,3)25-18-27(37(36-25)23-11-9-22(31)10-12-23)35-28(38)17-21-8-7-19(15-24(21)32)5-6-20-13-14-33-26(16-20)34-29(39)40-4/h7-16,18H,5-6,17H2,1-4H3,(H,35,38)(H,33,34,39). The summed E-state index contributed by atoms with van der Waals surface area (Å²) in [5.74, 6) is -0.475. The summed E-state index contributed by atoms with van der Waals surface area (Å²) in [4.78, 5) is 28.4. The Morgan fingerprint density at radius 3 is 2.27 bits per heavy atom. The number of methoxy groups -OCH3 is 1. The van der Waals surface area contributed by atoms with E-state index in [-0.39, 0.29) is 23.2 Å². The molecule has 40 heavy (non-hydrogen) atoms. The maximum Gasteiger partial charge on any atom is 0.412 e. The number of ether oxygens (including phenoxy) is 1. The van der Waals surface area contributed by atoms with Crippen LogP contribution in [0.2, 0.25) is 0 Å². The van der Waals surface area contributed by atoms with Gasteiger partial charge in [-0.3, -0.25) is 10.1 Å². The number of carbonyl (C=O) groups excluding carboxylic acids is 2. The molecule has 2 N–H and O–H groups in total. The van der Waals surface area contributed by atoms with Gasteiger partial charge in [0.15, 0.2) is 0 Å². The van der Waals surface area contributed by atoms with Crippen molar-refractivity contribution >= 4 is 23.6 Å². The van der Waals surface area contributed by atoms with Gasteiger partial charge in [0.1, 0.15) is 23.3 Å². The van der Waals surface area contributed by atoms with E-state index in [0.717, 1.165) is 16.8 Å². The molecule has 0 unspecified atom stereocenters. The molecule has 0 aliphatic heterocycles. The summed E-state index contributed by atoms with van der Waals surface area (Å²) < 4.78 is 34.5. The highest BCUT2D eigenvalue weighted by Gasteiger charge is 2.22. The lowest BCUT2D eigenvalue weighted by Gasteiger charge is -2.14. The molecular weight excluding hydrogens is 516 g/mol. The van der Waals surface area contributed by atoms with Gasteiger partial charge in [0.05, 0.1) is 24.9 Å². The van der Waals surface area contributed by atoms with Gasteiger partial charge in [0, 0.05) is 17.7 Å². The van der Waals surface area contributed by atoms with Gasteiger partial charge < -0.3 is 10.1 Å². The first kappa shape index (κ1) is 28.4. The number of hydrogen-bond acceptors (Lipinski definition) is 5. The van der Waals surface area contributed by atoms with E-state index < -0.39 is 17.8 Å². The Labute approximate surface area is 231 Å². The second kappa shape index (κ2) is 12.1. The van der Waals surface area contributed by atoms with Crippen LogP contribution in [-0.2, 0) is 34.2 Å². The van der Waals surface area contributed by atoms with Gasteiger partial charge in [-0.1, -0.05) is 32.9 Å². The number of halogens is 2. The molecule has 0 spiro atoms. The number of amides is 2. The van der Waals surface area contributed by atoms with Gasteiger partial charge in [0.2, 0.25) is 5.91 Å². The Morgan fingerprint density at radius 1 is 0.925 bits per heavy atom.